The fraction of sp³-hybridized carbons (Fsp3) is 0.779. The Kier molecular flexibility index (Phi) is 68.2. The van der Waals surface area contributed by atoms with Crippen LogP contribution in [0.2, 0.25) is 0 Å². The Morgan fingerprint density at radius 2 is 0.446 bits per heavy atom. The number of rotatable bonds is 66. The summed E-state index contributed by atoms with van der Waals surface area (Å²) in [5.74, 6) is -0.888. The Morgan fingerprint density at radius 1 is 0.241 bits per heavy atom. The van der Waals surface area contributed by atoms with Crippen molar-refractivity contribution in [3.63, 3.8) is 0 Å². The van der Waals surface area contributed by atoms with Crippen LogP contribution < -0.4 is 0 Å². The fourth-order valence-corrected chi connectivity index (χ4v) is 10.4. The van der Waals surface area contributed by atoms with E-state index in [0.717, 1.165) is 103 Å². The van der Waals surface area contributed by atoms with E-state index in [1.165, 1.54) is 225 Å². The Morgan fingerprint density at radius 3 is 0.723 bits per heavy atom. The molecule has 0 amide bonds. The van der Waals surface area contributed by atoms with Crippen LogP contribution in [-0.4, -0.2) is 37.2 Å². The summed E-state index contributed by atoms with van der Waals surface area (Å²) in [5.41, 5.74) is 0. The van der Waals surface area contributed by atoms with Crippen molar-refractivity contribution in [3.8, 4) is 0 Å². The average molecular weight is 1160 g/mol. The predicted octanol–water partition coefficient (Wildman–Crippen LogP) is 25.0. The summed E-state index contributed by atoms with van der Waals surface area (Å²) in [5, 5.41) is 0. The zero-order valence-electron chi connectivity index (χ0n) is 55.2. The van der Waals surface area contributed by atoms with Crippen molar-refractivity contribution >= 4 is 17.9 Å². The van der Waals surface area contributed by atoms with Crippen LogP contribution in [0.4, 0.5) is 0 Å². The van der Waals surface area contributed by atoms with Crippen molar-refractivity contribution in [2.24, 2.45) is 0 Å². The average Bonchev–Trinajstić information content (AvgIpc) is 3.48. The second kappa shape index (κ2) is 71.1. The first kappa shape index (κ1) is 79.6. The van der Waals surface area contributed by atoms with Crippen LogP contribution in [-0.2, 0) is 28.6 Å². The van der Waals surface area contributed by atoms with Gasteiger partial charge < -0.3 is 14.2 Å². The third kappa shape index (κ3) is 69.3. The van der Waals surface area contributed by atoms with Gasteiger partial charge in [-0.15, -0.1) is 0 Å². The van der Waals surface area contributed by atoms with Gasteiger partial charge in [0.1, 0.15) is 13.2 Å². The highest BCUT2D eigenvalue weighted by molar-refractivity contribution is 5.71. The molecule has 0 N–H and O–H groups in total. The summed E-state index contributed by atoms with van der Waals surface area (Å²) in [6.45, 7) is 6.60. The molecular formula is C77H136O6. The molecule has 0 heterocycles. The molecule has 0 aliphatic rings. The first-order chi connectivity index (χ1) is 41.0. The first-order valence-corrected chi connectivity index (χ1v) is 36.1. The maximum atomic E-state index is 12.9. The fourth-order valence-electron chi connectivity index (χ4n) is 10.4. The van der Waals surface area contributed by atoms with Gasteiger partial charge in [0.05, 0.1) is 0 Å². The smallest absolute Gasteiger partial charge is 0.306 e. The molecule has 0 fully saturated rings. The van der Waals surface area contributed by atoms with Gasteiger partial charge in [0.25, 0.3) is 0 Å². The largest absolute Gasteiger partial charge is 0.462 e. The van der Waals surface area contributed by atoms with Crippen molar-refractivity contribution in [1.29, 1.82) is 0 Å². The number of hydrogen-bond donors (Lipinski definition) is 0. The highest BCUT2D eigenvalue weighted by Gasteiger charge is 2.19. The van der Waals surface area contributed by atoms with E-state index in [4.69, 9.17) is 14.2 Å². The van der Waals surface area contributed by atoms with Gasteiger partial charge in [0, 0.05) is 19.3 Å². The van der Waals surface area contributed by atoms with Gasteiger partial charge in [-0.05, 0) is 116 Å². The maximum absolute atomic E-state index is 12.9. The number of hydrogen-bond acceptors (Lipinski definition) is 6. The number of carbonyl (C=O) groups excluding carboxylic acids is 3. The Balaban J connectivity index is 4.16. The van der Waals surface area contributed by atoms with Gasteiger partial charge in [0.15, 0.2) is 6.10 Å². The van der Waals surface area contributed by atoms with Gasteiger partial charge in [0.2, 0.25) is 0 Å². The van der Waals surface area contributed by atoms with Gasteiger partial charge in [-0.1, -0.05) is 318 Å². The molecule has 0 aromatic heterocycles. The van der Waals surface area contributed by atoms with E-state index in [2.05, 4.69) is 106 Å². The molecule has 0 saturated heterocycles. The molecule has 0 aromatic rings. The molecule has 83 heavy (non-hydrogen) atoms. The van der Waals surface area contributed by atoms with E-state index in [1.807, 2.05) is 0 Å². The molecule has 6 heteroatoms. The summed E-state index contributed by atoms with van der Waals surface area (Å²) in [6.07, 6.45) is 94.8. The molecular weight excluding hydrogens is 1020 g/mol. The van der Waals surface area contributed by atoms with Gasteiger partial charge in [-0.25, -0.2) is 0 Å². The SMILES string of the molecule is CCCC/C=C\CCCCCCCC(=O)OCC(COC(=O)CCCCCCCCCCCCCCCCCCCC/C=C\C/C=C\C/C=C\CCCCCCC)OC(=O)CCCCCCCC/C=C\C/C=C\C/C=C\CCCCCCC. The number of ether oxygens (including phenoxy) is 3. The van der Waals surface area contributed by atoms with E-state index >= 15 is 0 Å². The molecule has 0 aliphatic heterocycles. The summed E-state index contributed by atoms with van der Waals surface area (Å²) < 4.78 is 16.9. The van der Waals surface area contributed by atoms with Crippen molar-refractivity contribution in [3.05, 3.63) is 85.1 Å². The molecule has 0 aliphatic carbocycles. The second-order valence-corrected chi connectivity index (χ2v) is 24.1. The van der Waals surface area contributed by atoms with Crippen LogP contribution in [0.3, 0.4) is 0 Å². The van der Waals surface area contributed by atoms with Crippen LogP contribution >= 0.6 is 0 Å². The lowest BCUT2D eigenvalue weighted by atomic mass is 10.0. The van der Waals surface area contributed by atoms with Gasteiger partial charge in [-0.2, -0.15) is 0 Å². The number of esters is 3. The zero-order chi connectivity index (χ0) is 59.9. The lowest BCUT2D eigenvalue weighted by Crippen LogP contribution is -2.30. The highest BCUT2D eigenvalue weighted by Crippen LogP contribution is 2.17. The second-order valence-electron chi connectivity index (χ2n) is 24.1. The number of carbonyl (C=O) groups is 3. The molecule has 1 atom stereocenters. The number of unbranched alkanes of at least 4 members (excludes halogenated alkanes) is 41. The minimum atomic E-state index is -0.787. The Hall–Kier alpha value is -3.41. The van der Waals surface area contributed by atoms with Crippen molar-refractivity contribution < 1.29 is 28.6 Å². The third-order valence-corrected chi connectivity index (χ3v) is 15.8. The highest BCUT2D eigenvalue weighted by atomic mass is 16.6. The van der Waals surface area contributed by atoms with Crippen LogP contribution in [0.1, 0.15) is 367 Å². The molecule has 0 rings (SSSR count). The summed E-state index contributed by atoms with van der Waals surface area (Å²) in [4.78, 5) is 38.4. The van der Waals surface area contributed by atoms with E-state index < -0.39 is 6.10 Å². The summed E-state index contributed by atoms with van der Waals surface area (Å²) in [7, 11) is 0. The zero-order valence-corrected chi connectivity index (χ0v) is 55.2. The standard InChI is InChI=1S/C77H136O6/c1-4-7-10-13-16-19-22-24-26-28-30-32-33-34-35-36-37-38-39-40-41-42-43-45-46-48-50-52-55-58-61-64-67-70-76(79)82-73-74(72-81-75(78)69-66-63-60-57-54-21-18-15-12-9-6-3)83-77(80)71-68-65-62-59-56-53-51-49-47-44-31-29-27-25-23-20-17-14-11-8-5-2/h15,18,22-25,28-31,33-34,47,49,74H,4-14,16-17,19-21,26-27,32,35-46,48,50-73H2,1-3H3/b18-15-,24-22-,25-23-,30-28-,31-29-,34-33-,49-47-. The Bertz CT molecular complexity index is 1570. The number of allylic oxidation sites excluding steroid dienone is 14. The molecule has 6 nitrogen and oxygen atoms in total. The molecule has 1 unspecified atom stereocenters. The molecule has 0 aromatic carbocycles. The molecule has 0 radical (unpaired) electrons. The van der Waals surface area contributed by atoms with Gasteiger partial charge >= 0.3 is 17.9 Å². The van der Waals surface area contributed by atoms with Crippen LogP contribution in [0, 0.1) is 0 Å². The molecule has 0 spiro atoms. The van der Waals surface area contributed by atoms with E-state index in [9.17, 15) is 14.4 Å². The van der Waals surface area contributed by atoms with Crippen molar-refractivity contribution in [2.45, 2.75) is 374 Å². The van der Waals surface area contributed by atoms with Crippen molar-refractivity contribution in [2.75, 3.05) is 13.2 Å². The topological polar surface area (TPSA) is 78.9 Å². The molecule has 480 valence electrons. The maximum Gasteiger partial charge on any atom is 0.306 e. The predicted molar refractivity (Wildman–Crippen MR) is 362 cm³/mol. The summed E-state index contributed by atoms with van der Waals surface area (Å²) >= 11 is 0. The molecule has 0 saturated carbocycles. The molecule has 0 bridgehead atoms. The Labute approximate surface area is 515 Å². The quantitative estimate of drug-likeness (QED) is 0.0261. The van der Waals surface area contributed by atoms with E-state index in [0.29, 0.717) is 19.3 Å². The van der Waals surface area contributed by atoms with Crippen LogP contribution in [0.15, 0.2) is 85.1 Å². The van der Waals surface area contributed by atoms with E-state index in [-0.39, 0.29) is 31.1 Å². The minimum absolute atomic E-state index is 0.0817. The normalized spacial score (nSPS) is 12.6. The van der Waals surface area contributed by atoms with Crippen molar-refractivity contribution in [1.82, 2.24) is 0 Å². The lowest BCUT2D eigenvalue weighted by Gasteiger charge is -2.18. The lowest BCUT2D eigenvalue weighted by molar-refractivity contribution is -0.167. The third-order valence-electron chi connectivity index (χ3n) is 15.8. The first-order valence-electron chi connectivity index (χ1n) is 36.1. The minimum Gasteiger partial charge on any atom is -0.462 e. The monoisotopic (exact) mass is 1160 g/mol. The van der Waals surface area contributed by atoms with E-state index in [1.54, 1.807) is 0 Å². The van der Waals surface area contributed by atoms with Crippen LogP contribution in [0.5, 0.6) is 0 Å². The van der Waals surface area contributed by atoms with Crippen LogP contribution in [0.25, 0.3) is 0 Å². The summed E-state index contributed by atoms with van der Waals surface area (Å²) in [6, 6.07) is 0. The van der Waals surface area contributed by atoms with Gasteiger partial charge in [-0.3, -0.25) is 14.4 Å².